The van der Waals surface area contributed by atoms with Gasteiger partial charge in [-0.3, -0.25) is 4.84 Å². The van der Waals surface area contributed by atoms with Crippen LogP contribution in [0.1, 0.15) is 59.1 Å². The first-order chi connectivity index (χ1) is 9.22. The highest BCUT2D eigenvalue weighted by molar-refractivity contribution is 5.16. The maximum atomic E-state index is 10.1. The van der Waals surface area contributed by atoms with Crippen molar-refractivity contribution >= 4 is 0 Å². The van der Waals surface area contributed by atoms with E-state index in [1.807, 2.05) is 18.2 Å². The van der Waals surface area contributed by atoms with Crippen molar-refractivity contribution < 1.29 is 9.94 Å². The quantitative estimate of drug-likeness (QED) is 0.914. The third-order valence-electron chi connectivity index (χ3n) is 4.10. The Kier molecular flexibility index (Phi) is 4.24. The number of piperidine rings is 1. The molecule has 1 atom stereocenters. The second-order valence-corrected chi connectivity index (χ2v) is 7.14. The SMILES string of the molecule is C[C@H](ON1C(C)(C)CC(O)CC1(C)C)c1ccccc1. The molecule has 1 saturated heterocycles. The van der Waals surface area contributed by atoms with E-state index in [2.05, 4.69) is 51.8 Å². The highest BCUT2D eigenvalue weighted by Crippen LogP contribution is 2.40. The first-order valence-corrected chi connectivity index (χ1v) is 7.42. The molecule has 0 unspecified atom stereocenters. The summed E-state index contributed by atoms with van der Waals surface area (Å²) in [6.45, 7) is 10.6. The van der Waals surface area contributed by atoms with Crippen LogP contribution in [0.4, 0.5) is 0 Å². The van der Waals surface area contributed by atoms with Crippen molar-refractivity contribution in [1.29, 1.82) is 0 Å². The molecular weight excluding hydrogens is 250 g/mol. The monoisotopic (exact) mass is 277 g/mol. The second kappa shape index (κ2) is 5.47. The zero-order chi connectivity index (χ0) is 15.0. The maximum absolute atomic E-state index is 10.1. The molecule has 0 aromatic heterocycles. The van der Waals surface area contributed by atoms with Gasteiger partial charge in [0.25, 0.3) is 0 Å². The first kappa shape index (κ1) is 15.5. The van der Waals surface area contributed by atoms with E-state index in [0.717, 1.165) is 12.8 Å². The lowest BCUT2D eigenvalue weighted by molar-refractivity contribution is -0.313. The van der Waals surface area contributed by atoms with Crippen LogP contribution in [0.3, 0.4) is 0 Å². The summed E-state index contributed by atoms with van der Waals surface area (Å²) in [6.07, 6.45) is 1.22. The van der Waals surface area contributed by atoms with E-state index in [-0.39, 0.29) is 23.3 Å². The van der Waals surface area contributed by atoms with Crippen LogP contribution < -0.4 is 0 Å². The first-order valence-electron chi connectivity index (χ1n) is 7.42. The summed E-state index contributed by atoms with van der Waals surface area (Å²) in [5, 5.41) is 12.2. The Balaban J connectivity index is 2.18. The molecule has 112 valence electrons. The third-order valence-corrected chi connectivity index (χ3v) is 4.10. The van der Waals surface area contributed by atoms with E-state index >= 15 is 0 Å². The highest BCUT2D eigenvalue weighted by Gasteiger charge is 2.46. The van der Waals surface area contributed by atoms with Gasteiger partial charge in [0.2, 0.25) is 0 Å². The molecule has 0 amide bonds. The van der Waals surface area contributed by atoms with Crippen LogP contribution in [0.25, 0.3) is 0 Å². The van der Waals surface area contributed by atoms with Crippen LogP contribution in [0, 0.1) is 0 Å². The smallest absolute Gasteiger partial charge is 0.102 e. The van der Waals surface area contributed by atoms with Crippen molar-refractivity contribution in [2.75, 3.05) is 0 Å². The van der Waals surface area contributed by atoms with E-state index in [1.54, 1.807) is 0 Å². The summed E-state index contributed by atoms with van der Waals surface area (Å²) in [5.74, 6) is 0. The molecule has 0 aliphatic carbocycles. The lowest BCUT2D eigenvalue weighted by Crippen LogP contribution is -2.61. The predicted molar refractivity (Wildman–Crippen MR) is 81.2 cm³/mol. The molecule has 20 heavy (non-hydrogen) atoms. The topological polar surface area (TPSA) is 32.7 Å². The van der Waals surface area contributed by atoms with Gasteiger partial charge in [-0.1, -0.05) is 30.3 Å². The zero-order valence-electron chi connectivity index (χ0n) is 13.3. The molecule has 0 saturated carbocycles. The zero-order valence-corrected chi connectivity index (χ0v) is 13.3. The van der Waals surface area contributed by atoms with Crippen molar-refractivity contribution in [2.24, 2.45) is 0 Å². The molecule has 1 heterocycles. The number of benzene rings is 1. The van der Waals surface area contributed by atoms with Crippen LogP contribution in [0.5, 0.6) is 0 Å². The van der Waals surface area contributed by atoms with Gasteiger partial charge in [-0.2, -0.15) is 5.06 Å². The van der Waals surface area contributed by atoms with Gasteiger partial charge in [0.15, 0.2) is 0 Å². The lowest BCUT2D eigenvalue weighted by Gasteiger charge is -2.53. The van der Waals surface area contributed by atoms with E-state index in [1.165, 1.54) is 5.56 Å². The van der Waals surface area contributed by atoms with Gasteiger partial charge in [0.05, 0.1) is 6.10 Å². The van der Waals surface area contributed by atoms with Crippen LogP contribution in [0.2, 0.25) is 0 Å². The molecule has 0 radical (unpaired) electrons. The molecule has 3 nitrogen and oxygen atoms in total. The van der Waals surface area contributed by atoms with Gasteiger partial charge < -0.3 is 5.11 Å². The fraction of sp³-hybridized carbons (Fsp3) is 0.647. The molecule has 1 N–H and O–H groups in total. The van der Waals surface area contributed by atoms with Crippen LogP contribution in [0.15, 0.2) is 30.3 Å². The van der Waals surface area contributed by atoms with Crippen molar-refractivity contribution in [3.63, 3.8) is 0 Å². The van der Waals surface area contributed by atoms with Crippen molar-refractivity contribution in [2.45, 2.75) is 70.7 Å². The maximum Gasteiger partial charge on any atom is 0.102 e. The molecular formula is C17H27NO2. The molecule has 2 rings (SSSR count). The molecule has 1 aliphatic rings. The minimum atomic E-state index is -0.258. The number of hydrogen-bond acceptors (Lipinski definition) is 3. The Morgan fingerprint density at radius 3 is 2.10 bits per heavy atom. The number of hydrogen-bond donors (Lipinski definition) is 1. The predicted octanol–water partition coefficient (Wildman–Crippen LogP) is 3.69. The summed E-state index contributed by atoms with van der Waals surface area (Å²) >= 11 is 0. The molecule has 1 fully saturated rings. The number of aliphatic hydroxyl groups is 1. The van der Waals surface area contributed by atoms with Crippen molar-refractivity contribution in [3.8, 4) is 0 Å². The van der Waals surface area contributed by atoms with Gasteiger partial charge in [-0.15, -0.1) is 0 Å². The second-order valence-electron chi connectivity index (χ2n) is 7.14. The molecule has 1 aromatic carbocycles. The van der Waals surface area contributed by atoms with Crippen LogP contribution in [-0.2, 0) is 4.84 Å². The summed E-state index contributed by atoms with van der Waals surface area (Å²) in [7, 11) is 0. The molecule has 0 bridgehead atoms. The van der Waals surface area contributed by atoms with Gasteiger partial charge in [0.1, 0.15) is 6.10 Å². The number of nitrogens with zero attached hydrogens (tertiary/aromatic N) is 1. The Morgan fingerprint density at radius 1 is 1.10 bits per heavy atom. The molecule has 1 aromatic rings. The lowest BCUT2D eigenvalue weighted by atomic mass is 9.80. The number of aliphatic hydroxyl groups excluding tert-OH is 1. The van der Waals surface area contributed by atoms with E-state index in [4.69, 9.17) is 4.84 Å². The average molecular weight is 277 g/mol. The van der Waals surface area contributed by atoms with E-state index in [9.17, 15) is 5.11 Å². The summed E-state index contributed by atoms with van der Waals surface area (Å²) in [6, 6.07) is 10.3. The highest BCUT2D eigenvalue weighted by atomic mass is 16.7. The van der Waals surface area contributed by atoms with E-state index < -0.39 is 0 Å². The van der Waals surface area contributed by atoms with Gasteiger partial charge in [-0.25, -0.2) is 0 Å². The van der Waals surface area contributed by atoms with Gasteiger partial charge >= 0.3 is 0 Å². The Bertz CT molecular complexity index is 424. The van der Waals surface area contributed by atoms with Crippen LogP contribution >= 0.6 is 0 Å². The van der Waals surface area contributed by atoms with E-state index in [0.29, 0.717) is 0 Å². The fourth-order valence-corrected chi connectivity index (χ4v) is 3.44. The Morgan fingerprint density at radius 2 is 1.60 bits per heavy atom. The van der Waals surface area contributed by atoms with Crippen LogP contribution in [-0.4, -0.2) is 27.4 Å². The summed E-state index contributed by atoms with van der Waals surface area (Å²) in [4.78, 5) is 6.28. The Hall–Kier alpha value is -0.900. The number of hydroxylamine groups is 2. The fourth-order valence-electron chi connectivity index (χ4n) is 3.44. The average Bonchev–Trinajstić information content (AvgIpc) is 2.33. The summed E-state index contributed by atoms with van der Waals surface area (Å²) < 4.78 is 0. The standard InChI is InChI=1S/C17H27NO2/c1-13(14-9-7-6-8-10-14)20-18-16(2,3)11-15(19)12-17(18,4)5/h6-10,13,15,19H,11-12H2,1-5H3/t13-/m0/s1. The largest absolute Gasteiger partial charge is 0.393 e. The normalized spacial score (nSPS) is 24.5. The minimum Gasteiger partial charge on any atom is -0.393 e. The number of rotatable bonds is 3. The molecule has 3 heteroatoms. The molecule has 1 aliphatic heterocycles. The van der Waals surface area contributed by atoms with Crippen molar-refractivity contribution in [1.82, 2.24) is 5.06 Å². The van der Waals surface area contributed by atoms with Crippen molar-refractivity contribution in [3.05, 3.63) is 35.9 Å². The van der Waals surface area contributed by atoms with Gasteiger partial charge in [-0.05, 0) is 53.0 Å². The third kappa shape index (κ3) is 3.22. The van der Waals surface area contributed by atoms with Gasteiger partial charge in [0, 0.05) is 11.1 Å². The molecule has 0 spiro atoms. The Labute approximate surface area is 122 Å². The minimum absolute atomic E-state index is 0.00462. The summed E-state index contributed by atoms with van der Waals surface area (Å²) in [5.41, 5.74) is 0.819.